The Balaban J connectivity index is 3.29. The number of nitrogens with one attached hydrogen (secondary N) is 1. The van der Waals surface area contributed by atoms with Crippen LogP contribution in [-0.4, -0.2) is 36.9 Å². The van der Waals surface area contributed by atoms with Crippen LogP contribution >= 0.6 is 0 Å². The van der Waals surface area contributed by atoms with Gasteiger partial charge in [-0.15, -0.1) is 0 Å². The number of carbonyl (C=O) groups is 1. The van der Waals surface area contributed by atoms with Crippen molar-refractivity contribution < 1.29 is 14.6 Å². The van der Waals surface area contributed by atoms with E-state index in [4.69, 9.17) is 9.84 Å². The molecule has 0 unspecified atom stereocenters. The van der Waals surface area contributed by atoms with Gasteiger partial charge in [0.2, 0.25) is 5.91 Å². The first-order valence-electron chi connectivity index (χ1n) is 9.73. The maximum Gasteiger partial charge on any atom is 0.220 e. The summed E-state index contributed by atoms with van der Waals surface area (Å²) >= 11 is 0. The second-order valence-electron chi connectivity index (χ2n) is 6.35. The van der Waals surface area contributed by atoms with E-state index in [0.29, 0.717) is 19.6 Å². The predicted molar refractivity (Wildman–Crippen MR) is 96.6 cm³/mol. The number of aliphatic hydroxyl groups excluding tert-OH is 1. The molecule has 0 aromatic heterocycles. The monoisotopic (exact) mass is 329 g/mol. The molecule has 0 radical (unpaired) electrons. The van der Waals surface area contributed by atoms with Crippen molar-refractivity contribution in [3.8, 4) is 0 Å². The lowest BCUT2D eigenvalue weighted by Crippen LogP contribution is -2.35. The number of ether oxygens (including phenoxy) is 1. The molecule has 0 saturated heterocycles. The minimum atomic E-state index is -0.277. The van der Waals surface area contributed by atoms with Crippen LogP contribution in [0.3, 0.4) is 0 Å². The molecule has 138 valence electrons. The standard InChI is InChI=1S/C19H39NO3/c1-3-5-6-7-8-9-10-11-12-13-14-15-19(22)20-16-18(17-21)23-4-2/h18,21H,3-17H2,1-2H3,(H,20,22)/t18-/m0/s1. The maximum atomic E-state index is 11.7. The third-order valence-electron chi connectivity index (χ3n) is 4.14. The van der Waals surface area contributed by atoms with E-state index in [1.165, 1.54) is 57.8 Å². The van der Waals surface area contributed by atoms with E-state index >= 15 is 0 Å². The SMILES string of the molecule is CCCCCCCCCCCCCC(=O)NC[C@@H](CO)OCC. The van der Waals surface area contributed by atoms with E-state index in [2.05, 4.69) is 12.2 Å². The van der Waals surface area contributed by atoms with Crippen molar-refractivity contribution in [2.24, 2.45) is 0 Å². The third kappa shape index (κ3) is 16.0. The first-order chi connectivity index (χ1) is 11.2. The Morgan fingerprint density at radius 2 is 1.43 bits per heavy atom. The van der Waals surface area contributed by atoms with Crippen molar-refractivity contribution in [1.82, 2.24) is 5.32 Å². The van der Waals surface area contributed by atoms with Gasteiger partial charge in [-0.05, 0) is 13.3 Å². The van der Waals surface area contributed by atoms with Gasteiger partial charge in [0.05, 0.1) is 12.7 Å². The highest BCUT2D eigenvalue weighted by atomic mass is 16.5. The van der Waals surface area contributed by atoms with Gasteiger partial charge in [0.15, 0.2) is 0 Å². The van der Waals surface area contributed by atoms with Gasteiger partial charge < -0.3 is 15.2 Å². The summed E-state index contributed by atoms with van der Waals surface area (Å²) < 4.78 is 5.29. The fourth-order valence-electron chi connectivity index (χ4n) is 2.68. The van der Waals surface area contributed by atoms with Gasteiger partial charge in [0.1, 0.15) is 0 Å². The Labute approximate surface area is 143 Å². The average molecular weight is 330 g/mol. The maximum absolute atomic E-state index is 11.7. The molecule has 0 saturated carbocycles. The molecule has 0 spiro atoms. The summed E-state index contributed by atoms with van der Waals surface area (Å²) in [5, 5.41) is 11.9. The zero-order valence-electron chi connectivity index (χ0n) is 15.4. The lowest BCUT2D eigenvalue weighted by atomic mass is 10.1. The van der Waals surface area contributed by atoms with Crippen LogP contribution < -0.4 is 5.32 Å². The Hall–Kier alpha value is -0.610. The lowest BCUT2D eigenvalue weighted by Gasteiger charge is -2.14. The van der Waals surface area contributed by atoms with Crippen molar-refractivity contribution in [1.29, 1.82) is 0 Å². The quantitative estimate of drug-likeness (QED) is 0.393. The van der Waals surface area contributed by atoms with E-state index in [0.717, 1.165) is 12.8 Å². The summed E-state index contributed by atoms with van der Waals surface area (Å²) in [4.78, 5) is 11.7. The van der Waals surface area contributed by atoms with Crippen LogP contribution in [0.25, 0.3) is 0 Å². The van der Waals surface area contributed by atoms with Crippen LogP contribution in [0.5, 0.6) is 0 Å². The summed E-state index contributed by atoms with van der Waals surface area (Å²) in [5.41, 5.74) is 0. The predicted octanol–water partition coefficient (Wildman–Crippen LogP) is 4.20. The molecule has 4 nitrogen and oxygen atoms in total. The van der Waals surface area contributed by atoms with Gasteiger partial charge in [-0.2, -0.15) is 0 Å². The number of unbranched alkanes of at least 4 members (excludes halogenated alkanes) is 10. The summed E-state index contributed by atoms with van der Waals surface area (Å²) in [6.07, 6.45) is 14.5. The molecule has 0 rings (SSSR count). The number of rotatable bonds is 17. The zero-order chi connectivity index (χ0) is 17.2. The molecule has 0 aliphatic heterocycles. The smallest absolute Gasteiger partial charge is 0.220 e. The second kappa shape index (κ2) is 17.7. The molecule has 1 amide bonds. The highest BCUT2D eigenvalue weighted by molar-refractivity contribution is 5.75. The molecule has 2 N–H and O–H groups in total. The summed E-state index contributed by atoms with van der Waals surface area (Å²) in [6, 6.07) is 0. The molecular weight excluding hydrogens is 290 g/mol. The van der Waals surface area contributed by atoms with Crippen LogP contribution in [0.2, 0.25) is 0 Å². The van der Waals surface area contributed by atoms with Crippen LogP contribution in [0, 0.1) is 0 Å². The fraction of sp³-hybridized carbons (Fsp3) is 0.947. The minimum absolute atomic E-state index is 0.0490. The number of hydrogen-bond acceptors (Lipinski definition) is 3. The van der Waals surface area contributed by atoms with Gasteiger partial charge >= 0.3 is 0 Å². The molecule has 0 aliphatic carbocycles. The van der Waals surface area contributed by atoms with E-state index in [9.17, 15) is 4.79 Å². The zero-order valence-corrected chi connectivity index (χ0v) is 15.4. The third-order valence-corrected chi connectivity index (χ3v) is 4.14. The Morgan fingerprint density at radius 3 is 1.91 bits per heavy atom. The van der Waals surface area contributed by atoms with E-state index in [1.807, 2.05) is 6.92 Å². The van der Waals surface area contributed by atoms with Crippen molar-refractivity contribution in [2.45, 2.75) is 97.0 Å². The van der Waals surface area contributed by atoms with E-state index in [1.54, 1.807) is 0 Å². The van der Waals surface area contributed by atoms with Gasteiger partial charge in [-0.3, -0.25) is 4.79 Å². The first-order valence-corrected chi connectivity index (χ1v) is 9.73. The molecule has 0 aromatic rings. The van der Waals surface area contributed by atoms with Gasteiger partial charge in [0, 0.05) is 19.6 Å². The van der Waals surface area contributed by atoms with Crippen molar-refractivity contribution in [2.75, 3.05) is 19.8 Å². The highest BCUT2D eigenvalue weighted by Crippen LogP contribution is 2.11. The first kappa shape index (κ1) is 22.4. The number of carbonyl (C=O) groups excluding carboxylic acids is 1. The summed E-state index contributed by atoms with van der Waals surface area (Å²) in [6.45, 7) is 5.05. The van der Waals surface area contributed by atoms with E-state index < -0.39 is 0 Å². The molecule has 0 aliphatic rings. The number of amides is 1. The van der Waals surface area contributed by atoms with Crippen LogP contribution in [0.15, 0.2) is 0 Å². The van der Waals surface area contributed by atoms with Gasteiger partial charge in [0.25, 0.3) is 0 Å². The number of hydrogen-bond donors (Lipinski definition) is 2. The van der Waals surface area contributed by atoms with E-state index in [-0.39, 0.29) is 18.6 Å². The molecule has 0 heterocycles. The number of aliphatic hydroxyl groups is 1. The lowest BCUT2D eigenvalue weighted by molar-refractivity contribution is -0.122. The molecule has 0 fully saturated rings. The Morgan fingerprint density at radius 1 is 0.913 bits per heavy atom. The van der Waals surface area contributed by atoms with Crippen LogP contribution in [0.4, 0.5) is 0 Å². The Bertz CT molecular complexity index is 259. The molecule has 4 heteroatoms. The minimum Gasteiger partial charge on any atom is -0.394 e. The van der Waals surface area contributed by atoms with Gasteiger partial charge in [-0.1, -0.05) is 71.1 Å². The molecule has 1 atom stereocenters. The summed E-state index contributed by atoms with van der Waals surface area (Å²) in [7, 11) is 0. The van der Waals surface area contributed by atoms with Crippen molar-refractivity contribution in [3.05, 3.63) is 0 Å². The topological polar surface area (TPSA) is 58.6 Å². The highest BCUT2D eigenvalue weighted by Gasteiger charge is 2.08. The Kier molecular flexibility index (Phi) is 17.3. The van der Waals surface area contributed by atoms with Crippen molar-refractivity contribution >= 4 is 5.91 Å². The molecule has 0 aromatic carbocycles. The molecule has 23 heavy (non-hydrogen) atoms. The van der Waals surface area contributed by atoms with Crippen LogP contribution in [-0.2, 0) is 9.53 Å². The summed E-state index contributed by atoms with van der Waals surface area (Å²) in [5.74, 6) is 0.0686. The normalized spacial score (nSPS) is 12.3. The van der Waals surface area contributed by atoms with Gasteiger partial charge in [-0.25, -0.2) is 0 Å². The second-order valence-corrected chi connectivity index (χ2v) is 6.35. The van der Waals surface area contributed by atoms with Crippen molar-refractivity contribution in [3.63, 3.8) is 0 Å². The average Bonchev–Trinajstić information content (AvgIpc) is 2.56. The largest absolute Gasteiger partial charge is 0.394 e. The van der Waals surface area contributed by atoms with Crippen LogP contribution in [0.1, 0.15) is 90.9 Å². The fourth-order valence-corrected chi connectivity index (χ4v) is 2.68. The molecule has 0 bridgehead atoms. The molecular formula is C19H39NO3.